The van der Waals surface area contributed by atoms with Gasteiger partial charge in [0.05, 0.1) is 11.6 Å². The molecule has 0 saturated heterocycles. The highest BCUT2D eigenvalue weighted by atomic mass is 35.5. The number of hydrogen-bond acceptors (Lipinski definition) is 11. The fraction of sp³-hybridized carbons (Fsp3) is 0.520. The summed E-state index contributed by atoms with van der Waals surface area (Å²) >= 11 is 6.45. The molecule has 12 nitrogen and oxygen atoms in total. The first-order valence-corrected chi connectivity index (χ1v) is 12.6. The Morgan fingerprint density at radius 2 is 1.87 bits per heavy atom. The number of aliphatic hydroxyl groups excluding tert-OH is 2. The number of amides is 1. The summed E-state index contributed by atoms with van der Waals surface area (Å²) in [5.41, 5.74) is 1.65. The molecular weight excluding hydrogens is 518 g/mol. The van der Waals surface area contributed by atoms with Crippen LogP contribution in [0, 0.1) is 11.8 Å². The third kappa shape index (κ3) is 4.12. The van der Waals surface area contributed by atoms with Gasteiger partial charge in [0, 0.05) is 23.6 Å². The van der Waals surface area contributed by atoms with Crippen molar-refractivity contribution in [3.63, 3.8) is 0 Å². The number of carbonyl (C=O) groups is 3. The van der Waals surface area contributed by atoms with Crippen LogP contribution in [-0.4, -0.2) is 106 Å². The highest BCUT2D eigenvalue weighted by Gasteiger charge is 2.63. The summed E-state index contributed by atoms with van der Waals surface area (Å²) in [4.78, 5) is 46.8. The van der Waals surface area contributed by atoms with Crippen LogP contribution in [0.2, 0.25) is 5.15 Å². The second-order valence-corrected chi connectivity index (χ2v) is 10.9. The Morgan fingerprint density at radius 3 is 2.45 bits per heavy atom. The fourth-order valence-electron chi connectivity index (χ4n) is 5.89. The molecule has 13 heteroatoms. The molecule has 0 bridgehead atoms. The molecule has 1 amide bonds. The Morgan fingerprint density at radius 1 is 1.21 bits per heavy atom. The zero-order valence-corrected chi connectivity index (χ0v) is 22.3. The summed E-state index contributed by atoms with van der Waals surface area (Å²) in [6.07, 6.45) is 0.777. The first kappa shape index (κ1) is 27.8. The molecule has 4 atom stereocenters. The molecule has 7 N–H and O–H groups in total. The number of likely N-dealkylation sites (N-methyl/N-ethyl adjacent to an activating group) is 1. The van der Waals surface area contributed by atoms with E-state index in [0.717, 1.165) is 13.0 Å². The number of pyridine rings is 1. The highest BCUT2D eigenvalue weighted by Crippen LogP contribution is 2.53. The Bertz CT molecular complexity index is 1290. The number of halogens is 1. The second-order valence-electron chi connectivity index (χ2n) is 10.5. The van der Waals surface area contributed by atoms with E-state index in [4.69, 9.17) is 17.3 Å². The number of aromatic hydroxyl groups is 1. The number of aromatic nitrogens is 1. The number of rotatable bonds is 7. The lowest BCUT2D eigenvalue weighted by Crippen LogP contribution is -2.63. The van der Waals surface area contributed by atoms with Crippen molar-refractivity contribution >= 4 is 34.9 Å². The lowest BCUT2D eigenvalue weighted by molar-refractivity contribution is -0.148. The van der Waals surface area contributed by atoms with Gasteiger partial charge in [0.15, 0.2) is 23.0 Å². The van der Waals surface area contributed by atoms with Crippen LogP contribution in [0.3, 0.4) is 0 Å². The standard InChI is InChI=1S/C25H32ClN5O7/c1-30(2)7-5-6-28-24-19(34)14-11(22(26)29-24)8-10-9-12-16(31(3)4)18(33)15(23(27)37)21(36)25(12,38)20(35)13(10)17(14)32/h10,12,16,33-35,38H,5-9H2,1-4H3,(H2,27,37)(H,28,29)/t10-,12-,16-,25-/m0/s1. The predicted molar refractivity (Wildman–Crippen MR) is 138 cm³/mol. The smallest absolute Gasteiger partial charge is 0.255 e. The van der Waals surface area contributed by atoms with E-state index in [2.05, 4.69) is 10.3 Å². The topological polar surface area (TPSA) is 190 Å². The number of nitrogens with zero attached hydrogens (tertiary/aromatic N) is 3. The Labute approximate surface area is 224 Å². The molecule has 4 rings (SSSR count). The average Bonchev–Trinajstić information content (AvgIpc) is 2.81. The van der Waals surface area contributed by atoms with Crippen molar-refractivity contribution in [2.24, 2.45) is 17.6 Å². The van der Waals surface area contributed by atoms with Crippen LogP contribution in [0.5, 0.6) is 5.75 Å². The Balaban J connectivity index is 1.82. The quantitative estimate of drug-likeness (QED) is 0.158. The molecule has 0 aliphatic heterocycles. The molecule has 38 heavy (non-hydrogen) atoms. The van der Waals surface area contributed by atoms with E-state index in [1.807, 2.05) is 19.0 Å². The number of anilines is 1. The molecule has 206 valence electrons. The Kier molecular flexibility index (Phi) is 7.21. The maximum atomic E-state index is 13.7. The minimum Gasteiger partial charge on any atom is -0.510 e. The maximum Gasteiger partial charge on any atom is 0.255 e. The number of fused-ring (bicyclic) bond motifs is 3. The van der Waals surface area contributed by atoms with Gasteiger partial charge in [0.25, 0.3) is 5.91 Å². The van der Waals surface area contributed by atoms with E-state index in [9.17, 15) is 34.8 Å². The molecule has 3 aliphatic rings. The van der Waals surface area contributed by atoms with Crippen molar-refractivity contribution in [3.8, 4) is 5.75 Å². The van der Waals surface area contributed by atoms with Crippen LogP contribution in [0.15, 0.2) is 22.7 Å². The SMILES string of the molecule is CN(C)CCCNc1nc(Cl)c2c(c1O)C(=O)C1=C(O)[C@]3(O)C(=O)C(C(N)=O)=C(O)[C@@H](N(C)C)[C@@H]3C[C@@H]1C2. The summed E-state index contributed by atoms with van der Waals surface area (Å²) in [7, 11) is 6.98. The number of nitrogens with one attached hydrogen (secondary N) is 1. The van der Waals surface area contributed by atoms with Crippen LogP contribution in [0.25, 0.3) is 0 Å². The van der Waals surface area contributed by atoms with Crippen LogP contribution in [0.1, 0.15) is 28.8 Å². The molecule has 0 spiro atoms. The first-order valence-electron chi connectivity index (χ1n) is 12.2. The molecule has 0 unspecified atom stereocenters. The number of primary amides is 1. The fourth-order valence-corrected chi connectivity index (χ4v) is 6.15. The Hall–Kier alpha value is -3.19. The van der Waals surface area contributed by atoms with E-state index in [0.29, 0.717) is 6.54 Å². The molecular formula is C25H32ClN5O7. The minimum absolute atomic E-state index is 0.00271. The van der Waals surface area contributed by atoms with Gasteiger partial charge in [-0.05, 0) is 59.9 Å². The lowest BCUT2D eigenvalue weighted by Gasteiger charge is -2.50. The van der Waals surface area contributed by atoms with Crippen molar-refractivity contribution in [1.82, 2.24) is 14.8 Å². The zero-order chi connectivity index (χ0) is 28.3. The van der Waals surface area contributed by atoms with E-state index in [1.54, 1.807) is 14.1 Å². The number of ketones is 2. The summed E-state index contributed by atoms with van der Waals surface area (Å²) in [5, 5.41) is 47.7. The van der Waals surface area contributed by atoms with Crippen LogP contribution < -0.4 is 11.1 Å². The summed E-state index contributed by atoms with van der Waals surface area (Å²) in [6, 6.07) is -1.06. The average molecular weight is 550 g/mol. The van der Waals surface area contributed by atoms with Crippen LogP contribution in [0.4, 0.5) is 5.82 Å². The largest absolute Gasteiger partial charge is 0.510 e. The number of allylic oxidation sites excluding steroid dienone is 1. The summed E-state index contributed by atoms with van der Waals surface area (Å²) < 4.78 is 0. The second kappa shape index (κ2) is 9.84. The van der Waals surface area contributed by atoms with Crippen molar-refractivity contribution in [3.05, 3.63) is 38.9 Å². The predicted octanol–water partition coefficient (Wildman–Crippen LogP) is 0.533. The monoisotopic (exact) mass is 549 g/mol. The van der Waals surface area contributed by atoms with Gasteiger partial charge in [0.1, 0.15) is 22.2 Å². The van der Waals surface area contributed by atoms with Crippen molar-refractivity contribution in [1.29, 1.82) is 0 Å². The van der Waals surface area contributed by atoms with Crippen molar-refractivity contribution < 1.29 is 34.8 Å². The zero-order valence-electron chi connectivity index (χ0n) is 21.6. The first-order chi connectivity index (χ1) is 17.7. The number of aliphatic hydroxyl groups is 3. The van der Waals surface area contributed by atoms with E-state index in [-0.39, 0.29) is 40.5 Å². The minimum atomic E-state index is -2.69. The maximum absolute atomic E-state index is 13.7. The molecule has 3 aliphatic carbocycles. The number of Topliss-reactive ketones (excluding diaryl/α,β-unsaturated/α-hetero) is 2. The van der Waals surface area contributed by atoms with E-state index < -0.39 is 63.8 Å². The van der Waals surface area contributed by atoms with Gasteiger partial charge >= 0.3 is 0 Å². The number of hydrogen-bond donors (Lipinski definition) is 6. The van der Waals surface area contributed by atoms with E-state index in [1.165, 1.54) is 4.90 Å². The molecule has 1 heterocycles. The normalized spacial score (nSPS) is 27.0. The lowest BCUT2D eigenvalue weighted by atomic mass is 9.58. The number of nitrogens with two attached hydrogens (primary N) is 1. The van der Waals surface area contributed by atoms with E-state index >= 15 is 0 Å². The molecule has 1 aromatic rings. The van der Waals surface area contributed by atoms with Gasteiger partial charge in [-0.3, -0.25) is 19.3 Å². The van der Waals surface area contributed by atoms with Crippen molar-refractivity contribution in [2.75, 3.05) is 46.6 Å². The number of carbonyl (C=O) groups excluding carboxylic acids is 3. The molecule has 0 aromatic carbocycles. The van der Waals surface area contributed by atoms with Gasteiger partial charge in [-0.1, -0.05) is 11.6 Å². The summed E-state index contributed by atoms with van der Waals surface area (Å²) in [6.45, 7) is 1.21. The van der Waals surface area contributed by atoms with Gasteiger partial charge in [0.2, 0.25) is 5.78 Å². The third-order valence-electron chi connectivity index (χ3n) is 7.61. The van der Waals surface area contributed by atoms with Gasteiger partial charge < -0.3 is 36.4 Å². The van der Waals surface area contributed by atoms with Gasteiger partial charge in [-0.2, -0.15) is 0 Å². The molecule has 0 fully saturated rings. The van der Waals surface area contributed by atoms with Gasteiger partial charge in [-0.15, -0.1) is 0 Å². The molecule has 0 saturated carbocycles. The van der Waals surface area contributed by atoms with Gasteiger partial charge in [-0.25, -0.2) is 4.98 Å². The highest BCUT2D eigenvalue weighted by molar-refractivity contribution is 6.32. The van der Waals surface area contributed by atoms with Crippen LogP contribution in [-0.2, 0) is 16.0 Å². The summed E-state index contributed by atoms with van der Waals surface area (Å²) in [5.74, 6) is -7.19. The molecule has 1 aromatic heterocycles. The molecule has 0 radical (unpaired) electrons. The van der Waals surface area contributed by atoms with Crippen molar-refractivity contribution in [2.45, 2.75) is 30.9 Å². The third-order valence-corrected chi connectivity index (χ3v) is 7.92. The van der Waals surface area contributed by atoms with Crippen LogP contribution >= 0.6 is 11.6 Å².